The molecule has 0 aliphatic carbocycles. The van der Waals surface area contributed by atoms with E-state index >= 15 is 0 Å². The molecule has 0 radical (unpaired) electrons. The van der Waals surface area contributed by atoms with E-state index in [1.165, 1.54) is 28.4 Å². The molecule has 0 fully saturated rings. The molecule has 17 heavy (non-hydrogen) atoms. The van der Waals surface area contributed by atoms with Crippen molar-refractivity contribution in [2.75, 3.05) is 0 Å². The van der Waals surface area contributed by atoms with Gasteiger partial charge in [0.2, 0.25) is 0 Å². The SMILES string of the molecule is CCC(CC)C(NC(C)C)c1nc(C)c(C)s1. The van der Waals surface area contributed by atoms with Crippen molar-refractivity contribution in [2.24, 2.45) is 5.92 Å². The third-order valence-corrected chi connectivity index (χ3v) is 4.50. The van der Waals surface area contributed by atoms with Gasteiger partial charge in [0, 0.05) is 10.9 Å². The summed E-state index contributed by atoms with van der Waals surface area (Å²) in [6, 6.07) is 0.924. The fourth-order valence-electron chi connectivity index (χ4n) is 2.16. The van der Waals surface area contributed by atoms with Crippen LogP contribution < -0.4 is 5.32 Å². The van der Waals surface area contributed by atoms with Gasteiger partial charge in [-0.25, -0.2) is 4.98 Å². The maximum atomic E-state index is 4.74. The molecule has 1 N–H and O–H groups in total. The summed E-state index contributed by atoms with van der Waals surface area (Å²) in [5.41, 5.74) is 1.19. The average Bonchev–Trinajstić information content (AvgIpc) is 2.59. The van der Waals surface area contributed by atoms with E-state index in [4.69, 9.17) is 4.98 Å². The maximum Gasteiger partial charge on any atom is 0.110 e. The molecule has 0 saturated carbocycles. The second-order valence-corrected chi connectivity index (χ2v) is 6.30. The van der Waals surface area contributed by atoms with Gasteiger partial charge in [-0.05, 0) is 19.8 Å². The number of nitrogens with one attached hydrogen (secondary N) is 1. The highest BCUT2D eigenvalue weighted by molar-refractivity contribution is 7.11. The van der Waals surface area contributed by atoms with Crippen molar-refractivity contribution in [2.45, 2.75) is 66.5 Å². The van der Waals surface area contributed by atoms with Crippen LogP contribution in [-0.4, -0.2) is 11.0 Å². The van der Waals surface area contributed by atoms with Crippen molar-refractivity contribution >= 4 is 11.3 Å². The van der Waals surface area contributed by atoms with Crippen LogP contribution in [0, 0.1) is 19.8 Å². The molecule has 0 spiro atoms. The zero-order valence-electron chi connectivity index (χ0n) is 12.0. The number of nitrogens with zero attached hydrogens (tertiary/aromatic N) is 1. The van der Waals surface area contributed by atoms with Crippen LogP contribution in [0.25, 0.3) is 0 Å². The van der Waals surface area contributed by atoms with Gasteiger partial charge in [-0.2, -0.15) is 0 Å². The summed E-state index contributed by atoms with van der Waals surface area (Å²) in [7, 11) is 0. The second kappa shape index (κ2) is 6.50. The molecule has 1 aromatic rings. The minimum atomic E-state index is 0.419. The van der Waals surface area contributed by atoms with Crippen LogP contribution in [0.4, 0.5) is 0 Å². The largest absolute Gasteiger partial charge is 0.305 e. The molecule has 0 saturated heterocycles. The Morgan fingerprint density at radius 1 is 1.18 bits per heavy atom. The molecule has 1 unspecified atom stereocenters. The van der Waals surface area contributed by atoms with E-state index in [-0.39, 0.29) is 0 Å². The van der Waals surface area contributed by atoms with Gasteiger partial charge in [0.05, 0.1) is 11.7 Å². The Bertz CT molecular complexity index is 320. The van der Waals surface area contributed by atoms with E-state index in [0.29, 0.717) is 18.0 Å². The van der Waals surface area contributed by atoms with E-state index in [9.17, 15) is 0 Å². The summed E-state index contributed by atoms with van der Waals surface area (Å²) in [5, 5.41) is 4.95. The van der Waals surface area contributed by atoms with Crippen molar-refractivity contribution in [1.82, 2.24) is 10.3 Å². The Morgan fingerprint density at radius 2 is 1.76 bits per heavy atom. The molecule has 0 bridgehead atoms. The van der Waals surface area contributed by atoms with Crippen LogP contribution in [0.2, 0.25) is 0 Å². The molecule has 0 aliphatic heterocycles. The van der Waals surface area contributed by atoms with E-state index in [2.05, 4.69) is 46.9 Å². The Balaban J connectivity index is 2.96. The molecule has 1 atom stereocenters. The summed E-state index contributed by atoms with van der Waals surface area (Å²) < 4.78 is 0. The van der Waals surface area contributed by atoms with Gasteiger partial charge >= 0.3 is 0 Å². The zero-order valence-corrected chi connectivity index (χ0v) is 12.8. The Hall–Kier alpha value is -0.410. The molecule has 3 heteroatoms. The highest BCUT2D eigenvalue weighted by Gasteiger charge is 2.24. The first-order valence-corrected chi connectivity index (χ1v) is 7.51. The topological polar surface area (TPSA) is 24.9 Å². The standard InChI is InChI=1S/C14H26N2S/c1-7-12(8-2)13(15-9(3)4)14-16-10(5)11(6)17-14/h9,12-13,15H,7-8H2,1-6H3. The molecule has 0 aromatic carbocycles. The van der Waals surface area contributed by atoms with E-state index < -0.39 is 0 Å². The van der Waals surface area contributed by atoms with Crippen molar-refractivity contribution < 1.29 is 0 Å². The van der Waals surface area contributed by atoms with Gasteiger partial charge in [-0.15, -0.1) is 11.3 Å². The van der Waals surface area contributed by atoms with E-state index in [1.54, 1.807) is 0 Å². The Kier molecular flexibility index (Phi) is 5.60. The fourth-order valence-corrected chi connectivity index (χ4v) is 3.24. The summed E-state index contributed by atoms with van der Waals surface area (Å²) >= 11 is 1.85. The number of hydrogen-bond acceptors (Lipinski definition) is 3. The molecule has 1 aromatic heterocycles. The van der Waals surface area contributed by atoms with Gasteiger partial charge in [0.15, 0.2) is 0 Å². The first kappa shape index (κ1) is 14.7. The number of aryl methyl sites for hydroxylation is 2. The lowest BCUT2D eigenvalue weighted by Crippen LogP contribution is -2.33. The minimum absolute atomic E-state index is 0.419. The van der Waals surface area contributed by atoms with Crippen LogP contribution >= 0.6 is 11.3 Å². The fraction of sp³-hybridized carbons (Fsp3) is 0.786. The van der Waals surface area contributed by atoms with Crippen LogP contribution in [-0.2, 0) is 0 Å². The number of thiazole rings is 1. The van der Waals surface area contributed by atoms with Crippen molar-refractivity contribution in [3.63, 3.8) is 0 Å². The number of hydrogen-bond donors (Lipinski definition) is 1. The minimum Gasteiger partial charge on any atom is -0.305 e. The summed E-state index contributed by atoms with van der Waals surface area (Å²) in [5.74, 6) is 0.683. The Labute approximate surface area is 110 Å². The Morgan fingerprint density at radius 3 is 2.12 bits per heavy atom. The van der Waals surface area contributed by atoms with Crippen molar-refractivity contribution in [1.29, 1.82) is 0 Å². The summed E-state index contributed by atoms with van der Waals surface area (Å²) in [6.45, 7) is 13.2. The molecule has 1 heterocycles. The van der Waals surface area contributed by atoms with Gasteiger partial charge in [0.1, 0.15) is 5.01 Å². The highest BCUT2D eigenvalue weighted by atomic mass is 32.1. The quantitative estimate of drug-likeness (QED) is 0.821. The van der Waals surface area contributed by atoms with Crippen LogP contribution in [0.5, 0.6) is 0 Å². The first-order chi connectivity index (χ1) is 7.99. The normalized spacial score (nSPS) is 13.6. The highest BCUT2D eigenvalue weighted by Crippen LogP contribution is 2.31. The second-order valence-electron chi connectivity index (χ2n) is 5.07. The van der Waals surface area contributed by atoms with E-state index in [0.717, 1.165) is 0 Å². The third-order valence-electron chi connectivity index (χ3n) is 3.34. The number of aromatic nitrogens is 1. The van der Waals surface area contributed by atoms with Gasteiger partial charge in [-0.1, -0.05) is 40.5 Å². The van der Waals surface area contributed by atoms with Crippen LogP contribution in [0.1, 0.15) is 62.2 Å². The molecule has 0 amide bonds. The smallest absolute Gasteiger partial charge is 0.110 e. The zero-order chi connectivity index (χ0) is 13.0. The van der Waals surface area contributed by atoms with Gasteiger partial charge in [0.25, 0.3) is 0 Å². The average molecular weight is 254 g/mol. The van der Waals surface area contributed by atoms with Gasteiger partial charge < -0.3 is 5.32 Å². The lowest BCUT2D eigenvalue weighted by Gasteiger charge is -2.26. The molecular weight excluding hydrogens is 228 g/mol. The van der Waals surface area contributed by atoms with Gasteiger partial charge in [-0.3, -0.25) is 0 Å². The van der Waals surface area contributed by atoms with E-state index in [1.807, 2.05) is 11.3 Å². The molecular formula is C14H26N2S. The molecule has 2 nitrogen and oxygen atoms in total. The maximum absolute atomic E-state index is 4.74. The lowest BCUT2D eigenvalue weighted by molar-refractivity contribution is 0.320. The molecule has 1 rings (SSSR count). The molecule has 0 aliphatic rings. The predicted molar refractivity (Wildman–Crippen MR) is 76.7 cm³/mol. The molecule has 98 valence electrons. The third kappa shape index (κ3) is 3.78. The summed E-state index contributed by atoms with van der Waals surface area (Å²) in [4.78, 5) is 6.09. The monoisotopic (exact) mass is 254 g/mol. The van der Waals surface area contributed by atoms with Crippen LogP contribution in [0.3, 0.4) is 0 Å². The van der Waals surface area contributed by atoms with Crippen molar-refractivity contribution in [3.05, 3.63) is 15.6 Å². The first-order valence-electron chi connectivity index (χ1n) is 6.69. The summed E-state index contributed by atoms with van der Waals surface area (Å²) in [6.07, 6.45) is 2.41. The van der Waals surface area contributed by atoms with Crippen LogP contribution in [0.15, 0.2) is 0 Å². The lowest BCUT2D eigenvalue weighted by atomic mass is 9.94. The predicted octanol–water partition coefficient (Wildman–Crippen LogP) is 4.24. The number of rotatable bonds is 6. The van der Waals surface area contributed by atoms with Crippen molar-refractivity contribution in [3.8, 4) is 0 Å².